The van der Waals surface area contributed by atoms with Crippen LogP contribution in [0.4, 0.5) is 5.69 Å². The van der Waals surface area contributed by atoms with Gasteiger partial charge in [-0.15, -0.1) is 0 Å². The Hall–Kier alpha value is -2.80. The number of benzene rings is 2. The number of amides is 2. The summed E-state index contributed by atoms with van der Waals surface area (Å²) < 4.78 is 1.98. The third-order valence-electron chi connectivity index (χ3n) is 4.81. The molecule has 2 amide bonds. The van der Waals surface area contributed by atoms with Crippen molar-refractivity contribution in [2.24, 2.45) is 7.05 Å². The van der Waals surface area contributed by atoms with Gasteiger partial charge in [-0.05, 0) is 37.1 Å². The van der Waals surface area contributed by atoms with Crippen LogP contribution >= 0.6 is 11.8 Å². The van der Waals surface area contributed by atoms with Gasteiger partial charge in [-0.1, -0.05) is 49.0 Å². The molecule has 152 valence electrons. The number of likely N-dealkylation sites (N-methyl/N-ethyl adjacent to an activating group) is 1. The lowest BCUT2D eigenvalue weighted by Crippen LogP contribution is -2.39. The lowest BCUT2D eigenvalue weighted by Gasteiger charge is -2.21. The predicted molar refractivity (Wildman–Crippen MR) is 118 cm³/mol. The molecule has 0 bridgehead atoms. The van der Waals surface area contributed by atoms with Crippen LogP contribution in [0.2, 0.25) is 0 Å². The van der Waals surface area contributed by atoms with Crippen LogP contribution in [-0.4, -0.2) is 45.1 Å². The molecule has 0 aliphatic carbocycles. The van der Waals surface area contributed by atoms with Gasteiger partial charge in [-0.3, -0.25) is 9.59 Å². The Morgan fingerprint density at radius 1 is 1.17 bits per heavy atom. The predicted octanol–water partition coefficient (Wildman–Crippen LogP) is 3.71. The van der Waals surface area contributed by atoms with Gasteiger partial charge in [0, 0.05) is 19.8 Å². The number of carbonyl (C=O) groups is 2. The molecule has 2 aromatic carbocycles. The minimum Gasteiger partial charge on any atom is -0.335 e. The van der Waals surface area contributed by atoms with E-state index in [1.54, 1.807) is 7.05 Å². The first kappa shape index (κ1) is 20.9. The normalized spacial score (nSPS) is 12.0. The van der Waals surface area contributed by atoms with Crippen molar-refractivity contribution in [1.82, 2.24) is 14.5 Å². The van der Waals surface area contributed by atoms with E-state index in [0.717, 1.165) is 33.9 Å². The van der Waals surface area contributed by atoms with E-state index in [4.69, 9.17) is 0 Å². The lowest BCUT2D eigenvalue weighted by molar-refractivity contribution is -0.132. The minimum absolute atomic E-state index is 0.00429. The average Bonchev–Trinajstić information content (AvgIpc) is 3.03. The fourth-order valence-electron chi connectivity index (χ4n) is 3.18. The number of para-hydroxylation sites is 3. The van der Waals surface area contributed by atoms with Gasteiger partial charge in [-0.25, -0.2) is 4.98 Å². The van der Waals surface area contributed by atoms with E-state index in [9.17, 15) is 9.59 Å². The Balaban J connectivity index is 1.61. The molecule has 0 spiro atoms. The fourth-order valence-corrected chi connectivity index (χ4v) is 4.19. The van der Waals surface area contributed by atoms with E-state index < -0.39 is 0 Å². The second kappa shape index (κ2) is 9.13. The van der Waals surface area contributed by atoms with Gasteiger partial charge in [0.2, 0.25) is 11.8 Å². The van der Waals surface area contributed by atoms with Crippen LogP contribution in [0, 0.1) is 0 Å². The summed E-state index contributed by atoms with van der Waals surface area (Å²) in [6, 6.07) is 15.6. The number of hydrogen-bond donors (Lipinski definition) is 1. The zero-order valence-corrected chi connectivity index (χ0v) is 18.0. The standard InChI is InChI=1S/C22H26N4O2S/c1-5-16-10-6-7-11-17(16)23-20(27)14-25(3)21(28)15(2)29-22-24-18-12-8-9-13-19(18)26(22)4/h6-13,15H,5,14H2,1-4H3,(H,23,27). The molecule has 0 aliphatic heterocycles. The molecule has 0 saturated heterocycles. The Morgan fingerprint density at radius 2 is 1.86 bits per heavy atom. The van der Waals surface area contributed by atoms with E-state index in [-0.39, 0.29) is 23.6 Å². The Kier molecular flexibility index (Phi) is 6.59. The molecule has 1 atom stereocenters. The number of nitrogens with one attached hydrogen (secondary N) is 1. The maximum absolute atomic E-state index is 12.8. The molecule has 0 radical (unpaired) electrons. The minimum atomic E-state index is -0.355. The molecule has 1 unspecified atom stereocenters. The van der Waals surface area contributed by atoms with Gasteiger partial charge in [0.1, 0.15) is 0 Å². The molecule has 3 aromatic rings. The van der Waals surface area contributed by atoms with Crippen LogP contribution in [0.1, 0.15) is 19.4 Å². The van der Waals surface area contributed by atoms with Crippen molar-refractivity contribution in [2.75, 3.05) is 18.9 Å². The van der Waals surface area contributed by atoms with Crippen molar-refractivity contribution in [3.63, 3.8) is 0 Å². The Labute approximate surface area is 175 Å². The van der Waals surface area contributed by atoms with Crippen LogP contribution < -0.4 is 5.32 Å². The van der Waals surface area contributed by atoms with Crippen LogP contribution in [0.25, 0.3) is 11.0 Å². The number of fused-ring (bicyclic) bond motifs is 1. The smallest absolute Gasteiger partial charge is 0.243 e. The van der Waals surface area contributed by atoms with Crippen molar-refractivity contribution >= 4 is 40.3 Å². The van der Waals surface area contributed by atoms with Gasteiger partial charge in [0.15, 0.2) is 5.16 Å². The van der Waals surface area contributed by atoms with Crippen LogP contribution in [-0.2, 0) is 23.1 Å². The first-order valence-corrected chi connectivity index (χ1v) is 10.5. The van der Waals surface area contributed by atoms with Crippen molar-refractivity contribution < 1.29 is 9.59 Å². The second-order valence-corrected chi connectivity index (χ2v) is 8.26. The van der Waals surface area contributed by atoms with Crippen LogP contribution in [0.5, 0.6) is 0 Å². The maximum atomic E-state index is 12.8. The van der Waals surface area contributed by atoms with E-state index in [2.05, 4.69) is 10.3 Å². The Bertz CT molecular complexity index is 1030. The zero-order chi connectivity index (χ0) is 21.0. The van der Waals surface area contributed by atoms with Crippen LogP contribution in [0.15, 0.2) is 53.7 Å². The van der Waals surface area contributed by atoms with E-state index in [0.29, 0.717) is 0 Å². The molecular weight excluding hydrogens is 384 g/mol. The largest absolute Gasteiger partial charge is 0.335 e. The van der Waals surface area contributed by atoms with Gasteiger partial charge in [-0.2, -0.15) is 0 Å². The summed E-state index contributed by atoms with van der Waals surface area (Å²) in [5, 5.41) is 3.33. The molecule has 1 heterocycles. The summed E-state index contributed by atoms with van der Waals surface area (Å²) in [5.41, 5.74) is 3.79. The number of thioether (sulfide) groups is 1. The number of rotatable bonds is 7. The van der Waals surface area contributed by atoms with E-state index in [1.165, 1.54) is 16.7 Å². The van der Waals surface area contributed by atoms with E-state index >= 15 is 0 Å². The molecular formula is C22H26N4O2S. The highest BCUT2D eigenvalue weighted by molar-refractivity contribution is 8.00. The topological polar surface area (TPSA) is 67.2 Å². The van der Waals surface area contributed by atoms with Crippen molar-refractivity contribution in [1.29, 1.82) is 0 Å². The highest BCUT2D eigenvalue weighted by Crippen LogP contribution is 2.27. The maximum Gasteiger partial charge on any atom is 0.243 e. The summed E-state index contributed by atoms with van der Waals surface area (Å²) in [5.74, 6) is -0.317. The summed E-state index contributed by atoms with van der Waals surface area (Å²) in [7, 11) is 3.59. The highest BCUT2D eigenvalue weighted by atomic mass is 32.2. The molecule has 6 nitrogen and oxygen atoms in total. The number of hydrogen-bond acceptors (Lipinski definition) is 4. The second-order valence-electron chi connectivity index (χ2n) is 6.96. The van der Waals surface area contributed by atoms with Crippen molar-refractivity contribution in [3.8, 4) is 0 Å². The first-order chi connectivity index (χ1) is 13.9. The van der Waals surface area contributed by atoms with Gasteiger partial charge >= 0.3 is 0 Å². The molecule has 3 rings (SSSR count). The highest BCUT2D eigenvalue weighted by Gasteiger charge is 2.23. The van der Waals surface area contributed by atoms with Gasteiger partial charge < -0.3 is 14.8 Å². The summed E-state index contributed by atoms with van der Waals surface area (Å²) >= 11 is 1.40. The lowest BCUT2D eigenvalue weighted by atomic mass is 10.1. The SMILES string of the molecule is CCc1ccccc1NC(=O)CN(C)C(=O)C(C)Sc1nc2ccccc2n1C. The molecule has 0 saturated carbocycles. The van der Waals surface area contributed by atoms with Crippen molar-refractivity contribution in [2.45, 2.75) is 30.7 Å². The molecule has 1 aromatic heterocycles. The van der Waals surface area contributed by atoms with Gasteiger partial charge in [0.05, 0.1) is 22.8 Å². The molecule has 0 aliphatic rings. The third kappa shape index (κ3) is 4.79. The summed E-state index contributed by atoms with van der Waals surface area (Å²) in [6.07, 6.45) is 0.830. The number of aryl methyl sites for hydroxylation is 2. The number of aromatic nitrogens is 2. The van der Waals surface area contributed by atoms with Crippen molar-refractivity contribution in [3.05, 3.63) is 54.1 Å². The fraction of sp³-hybridized carbons (Fsp3) is 0.318. The number of nitrogens with zero attached hydrogens (tertiary/aromatic N) is 3. The third-order valence-corrected chi connectivity index (χ3v) is 5.94. The number of imidazole rings is 1. The zero-order valence-electron chi connectivity index (χ0n) is 17.2. The van der Waals surface area contributed by atoms with Crippen LogP contribution in [0.3, 0.4) is 0 Å². The summed E-state index contributed by atoms with van der Waals surface area (Å²) in [6.45, 7) is 3.89. The monoisotopic (exact) mass is 410 g/mol. The molecule has 7 heteroatoms. The quantitative estimate of drug-likeness (QED) is 0.603. The van der Waals surface area contributed by atoms with Gasteiger partial charge in [0.25, 0.3) is 0 Å². The average molecular weight is 411 g/mol. The molecule has 29 heavy (non-hydrogen) atoms. The Morgan fingerprint density at radius 3 is 2.59 bits per heavy atom. The molecule has 0 fully saturated rings. The first-order valence-electron chi connectivity index (χ1n) is 9.61. The van der Waals surface area contributed by atoms with E-state index in [1.807, 2.05) is 74.0 Å². The summed E-state index contributed by atoms with van der Waals surface area (Å²) in [4.78, 5) is 31.3. The number of anilines is 1. The molecule has 1 N–H and O–H groups in total. The number of carbonyl (C=O) groups excluding carboxylic acids is 2.